The number of aliphatic hydroxyl groups is 3. The minimum Gasteiger partial charge on any atom is -0.481 e. The molecule has 0 unspecified atom stereocenters. The van der Waals surface area contributed by atoms with E-state index in [2.05, 4.69) is 54.5 Å². The van der Waals surface area contributed by atoms with Gasteiger partial charge in [0.2, 0.25) is 0 Å². The van der Waals surface area contributed by atoms with E-state index < -0.39 is 29.7 Å². The first-order valence-corrected chi connectivity index (χ1v) is 14.0. The SMILES string of the molecule is CC1(C)CC[C@]2(C(=O)O)CC[C@]3(C)C(=CC[C@@H]4[C@@]5(C)[C@H](O)C[C@H](O)C(C)(C)[C@@H]5CC[C@]43C)[C@@H]2[C@H]1O. The van der Waals surface area contributed by atoms with Gasteiger partial charge in [-0.15, -0.1) is 0 Å². The highest BCUT2D eigenvalue weighted by Gasteiger charge is 2.71. The van der Waals surface area contributed by atoms with E-state index in [1.807, 2.05) is 0 Å². The Morgan fingerprint density at radius 3 is 2.11 bits per heavy atom. The van der Waals surface area contributed by atoms with Crippen molar-refractivity contribution in [2.75, 3.05) is 0 Å². The number of hydrogen-bond donors (Lipinski definition) is 4. The summed E-state index contributed by atoms with van der Waals surface area (Å²) >= 11 is 0. The van der Waals surface area contributed by atoms with Gasteiger partial charge in [0.1, 0.15) is 0 Å². The molecule has 0 bridgehead atoms. The predicted octanol–water partition coefficient (Wildman–Crippen LogP) is 5.18. The maximum atomic E-state index is 12.8. The van der Waals surface area contributed by atoms with Gasteiger partial charge >= 0.3 is 5.97 Å². The van der Waals surface area contributed by atoms with Crippen LogP contribution >= 0.6 is 0 Å². The number of fused-ring (bicyclic) bond motifs is 7. The van der Waals surface area contributed by atoms with Crippen LogP contribution in [0.2, 0.25) is 0 Å². The van der Waals surface area contributed by atoms with Crippen LogP contribution in [-0.2, 0) is 4.79 Å². The summed E-state index contributed by atoms with van der Waals surface area (Å²) in [5.74, 6) is -0.636. The molecule has 0 aromatic heterocycles. The lowest BCUT2D eigenvalue weighted by Gasteiger charge is -2.72. The van der Waals surface area contributed by atoms with Crippen LogP contribution < -0.4 is 0 Å². The minimum atomic E-state index is -0.888. The monoisotopic (exact) mass is 488 g/mol. The van der Waals surface area contributed by atoms with Crippen molar-refractivity contribution < 1.29 is 25.2 Å². The van der Waals surface area contributed by atoms with Gasteiger partial charge in [-0.2, -0.15) is 0 Å². The molecule has 4 N–H and O–H groups in total. The minimum absolute atomic E-state index is 0.104. The van der Waals surface area contributed by atoms with E-state index in [1.54, 1.807) is 0 Å². The molecule has 0 radical (unpaired) electrons. The fraction of sp³-hybridized carbons (Fsp3) is 0.900. The molecule has 0 aromatic rings. The van der Waals surface area contributed by atoms with Crippen molar-refractivity contribution in [3.05, 3.63) is 11.6 Å². The molecular formula is C30H48O5. The summed E-state index contributed by atoms with van der Waals surface area (Å²) in [5, 5.41) is 44.6. The van der Waals surface area contributed by atoms with E-state index in [0.29, 0.717) is 19.3 Å². The van der Waals surface area contributed by atoms with Crippen molar-refractivity contribution in [1.29, 1.82) is 0 Å². The van der Waals surface area contributed by atoms with E-state index in [1.165, 1.54) is 5.57 Å². The lowest BCUT2D eigenvalue weighted by atomic mass is 9.33. The van der Waals surface area contributed by atoms with Gasteiger partial charge in [0.25, 0.3) is 0 Å². The third-order valence-electron chi connectivity index (χ3n) is 13.4. The molecule has 0 aliphatic heterocycles. The normalized spacial score (nSPS) is 54.4. The lowest BCUT2D eigenvalue weighted by Crippen LogP contribution is -2.69. The number of allylic oxidation sites excluding steroid dienone is 1. The van der Waals surface area contributed by atoms with Crippen molar-refractivity contribution in [1.82, 2.24) is 0 Å². The number of carboxylic acid groups (broad SMARTS) is 1. The molecule has 4 saturated carbocycles. The molecule has 0 amide bonds. The van der Waals surface area contributed by atoms with Gasteiger partial charge in [-0.3, -0.25) is 4.79 Å². The Balaban J connectivity index is 1.65. The van der Waals surface area contributed by atoms with Crippen LogP contribution in [0.3, 0.4) is 0 Å². The Kier molecular flexibility index (Phi) is 5.40. The predicted molar refractivity (Wildman–Crippen MR) is 135 cm³/mol. The fourth-order valence-corrected chi connectivity index (χ4v) is 10.5. The third kappa shape index (κ3) is 2.90. The standard InChI is InChI=1S/C30H48O5/c1-25(2)12-14-30(24(34)35)15-13-27(5)17(22(30)23(25)33)8-9-19-28(27,6)11-10-18-26(3,4)20(31)16-21(32)29(18,19)7/h8,18-23,31-33H,9-16H2,1-7H3,(H,34,35)/t18-,19-,20-,21+,22+,23+,27+,28+,29-,30-/m0/s1. The van der Waals surface area contributed by atoms with Crippen molar-refractivity contribution in [2.24, 2.45) is 50.2 Å². The summed E-state index contributed by atoms with van der Waals surface area (Å²) in [6, 6.07) is 0. The molecule has 5 rings (SSSR count). The summed E-state index contributed by atoms with van der Waals surface area (Å²) in [5.41, 5.74) is -0.918. The fourth-order valence-electron chi connectivity index (χ4n) is 10.5. The van der Waals surface area contributed by atoms with Crippen LogP contribution in [0.4, 0.5) is 0 Å². The van der Waals surface area contributed by atoms with Crippen LogP contribution in [-0.4, -0.2) is 44.7 Å². The number of aliphatic carboxylic acids is 1. The van der Waals surface area contributed by atoms with Crippen molar-refractivity contribution in [3.63, 3.8) is 0 Å². The highest BCUT2D eigenvalue weighted by molar-refractivity contribution is 5.77. The number of rotatable bonds is 1. The number of carbonyl (C=O) groups is 1. The zero-order valence-electron chi connectivity index (χ0n) is 22.9. The highest BCUT2D eigenvalue weighted by atomic mass is 16.4. The first-order chi connectivity index (χ1) is 16.0. The Hall–Kier alpha value is -0.910. The van der Waals surface area contributed by atoms with Crippen LogP contribution in [0, 0.1) is 50.2 Å². The van der Waals surface area contributed by atoms with Crippen molar-refractivity contribution >= 4 is 5.97 Å². The molecule has 0 heterocycles. The van der Waals surface area contributed by atoms with Crippen molar-refractivity contribution in [2.45, 2.75) is 118 Å². The quantitative estimate of drug-likeness (QED) is 0.382. The molecule has 5 heteroatoms. The first-order valence-electron chi connectivity index (χ1n) is 14.0. The molecule has 0 aromatic carbocycles. The molecule has 5 aliphatic rings. The molecule has 5 nitrogen and oxygen atoms in total. The van der Waals surface area contributed by atoms with Crippen molar-refractivity contribution in [3.8, 4) is 0 Å². The van der Waals surface area contributed by atoms with E-state index >= 15 is 0 Å². The third-order valence-corrected chi connectivity index (χ3v) is 13.4. The van der Waals surface area contributed by atoms with Gasteiger partial charge in [-0.1, -0.05) is 60.1 Å². The van der Waals surface area contributed by atoms with E-state index in [9.17, 15) is 25.2 Å². The smallest absolute Gasteiger partial charge is 0.310 e. The Morgan fingerprint density at radius 1 is 0.857 bits per heavy atom. The summed E-state index contributed by atoms with van der Waals surface area (Å²) in [7, 11) is 0. The highest BCUT2D eigenvalue weighted by Crippen LogP contribution is 2.75. The zero-order valence-corrected chi connectivity index (χ0v) is 22.9. The second-order valence-electron chi connectivity index (χ2n) is 15.1. The largest absolute Gasteiger partial charge is 0.481 e. The van der Waals surface area contributed by atoms with E-state index in [0.717, 1.165) is 32.1 Å². The second-order valence-corrected chi connectivity index (χ2v) is 15.1. The van der Waals surface area contributed by atoms with Gasteiger partial charge in [0.15, 0.2) is 0 Å². The molecule has 0 spiro atoms. The molecule has 10 atom stereocenters. The Labute approximate surface area is 211 Å². The van der Waals surface area contributed by atoms with E-state index in [4.69, 9.17) is 0 Å². The molecule has 0 saturated heterocycles. The number of aliphatic hydroxyl groups excluding tert-OH is 3. The maximum Gasteiger partial charge on any atom is 0.310 e. The molecule has 4 fully saturated rings. The summed E-state index contributed by atoms with van der Waals surface area (Å²) < 4.78 is 0. The van der Waals surface area contributed by atoms with Crippen LogP contribution in [0.5, 0.6) is 0 Å². The van der Waals surface area contributed by atoms with Crippen LogP contribution in [0.1, 0.15) is 99.8 Å². The molecule has 35 heavy (non-hydrogen) atoms. The van der Waals surface area contributed by atoms with Gasteiger partial charge in [-0.05, 0) is 78.4 Å². The van der Waals surface area contributed by atoms with Crippen LogP contribution in [0.15, 0.2) is 11.6 Å². The van der Waals surface area contributed by atoms with Gasteiger partial charge < -0.3 is 20.4 Å². The summed E-state index contributed by atoms with van der Waals surface area (Å²) in [6.07, 6.45) is 6.49. The van der Waals surface area contributed by atoms with Gasteiger partial charge in [0.05, 0.1) is 23.7 Å². The average Bonchev–Trinajstić information content (AvgIpc) is 2.75. The molecular weight excluding hydrogens is 440 g/mol. The lowest BCUT2D eigenvalue weighted by molar-refractivity contribution is -0.246. The summed E-state index contributed by atoms with van der Waals surface area (Å²) in [6.45, 7) is 15.5. The topological polar surface area (TPSA) is 98.0 Å². The number of carboxylic acids is 1. The number of hydrogen-bond acceptors (Lipinski definition) is 4. The Morgan fingerprint density at radius 2 is 1.49 bits per heavy atom. The van der Waals surface area contributed by atoms with Gasteiger partial charge in [-0.25, -0.2) is 0 Å². The average molecular weight is 489 g/mol. The molecule has 198 valence electrons. The van der Waals surface area contributed by atoms with Crippen LogP contribution in [0.25, 0.3) is 0 Å². The first kappa shape index (κ1) is 25.7. The van der Waals surface area contributed by atoms with E-state index in [-0.39, 0.29) is 44.8 Å². The second kappa shape index (κ2) is 7.35. The Bertz CT molecular complexity index is 952. The molecule has 5 aliphatic carbocycles. The summed E-state index contributed by atoms with van der Waals surface area (Å²) in [4.78, 5) is 12.8. The maximum absolute atomic E-state index is 12.8. The van der Waals surface area contributed by atoms with Gasteiger partial charge in [0, 0.05) is 17.8 Å². The zero-order chi connectivity index (χ0) is 26.0.